The molecule has 0 bridgehead atoms. The van der Waals surface area contributed by atoms with E-state index in [4.69, 9.17) is 9.47 Å². The number of carboxylic acid groups (broad SMARTS) is 1. The van der Waals surface area contributed by atoms with Crippen molar-refractivity contribution in [2.75, 3.05) is 19.7 Å². The molecule has 1 rings (SSSR count). The van der Waals surface area contributed by atoms with E-state index < -0.39 is 29.1 Å². The SMILES string of the molecule is CCOC(=O)[C@@](O)(C(=O)O)C(CC)CC1CCN(C(=O)OC(C)(C)C)CC1. The molecule has 8 nitrogen and oxygen atoms in total. The molecule has 1 fully saturated rings. The molecule has 2 N–H and O–H groups in total. The molecule has 156 valence electrons. The molecule has 1 unspecified atom stereocenters. The lowest BCUT2D eigenvalue weighted by molar-refractivity contribution is -0.187. The molecule has 0 aromatic heterocycles. The van der Waals surface area contributed by atoms with Gasteiger partial charge >= 0.3 is 18.0 Å². The zero-order valence-corrected chi connectivity index (χ0v) is 17.0. The number of ether oxygens (including phenoxy) is 2. The third-order valence-corrected chi connectivity index (χ3v) is 4.88. The first kappa shape index (κ1) is 23.2. The zero-order chi connectivity index (χ0) is 20.8. The van der Waals surface area contributed by atoms with E-state index in [-0.39, 0.29) is 18.6 Å². The van der Waals surface area contributed by atoms with E-state index in [1.807, 2.05) is 20.8 Å². The quantitative estimate of drug-likeness (QED) is 0.509. The van der Waals surface area contributed by atoms with Gasteiger partial charge in [-0.2, -0.15) is 0 Å². The summed E-state index contributed by atoms with van der Waals surface area (Å²) in [6.45, 7) is 9.74. The molecule has 8 heteroatoms. The molecule has 27 heavy (non-hydrogen) atoms. The van der Waals surface area contributed by atoms with Gasteiger partial charge in [-0.05, 0) is 59.3 Å². The maximum atomic E-state index is 12.1. The number of esters is 1. The largest absolute Gasteiger partial charge is 0.479 e. The molecule has 1 saturated heterocycles. The average molecular weight is 387 g/mol. The number of carbonyl (C=O) groups is 3. The highest BCUT2D eigenvalue weighted by molar-refractivity contribution is 6.02. The highest BCUT2D eigenvalue weighted by Gasteiger charge is 2.52. The predicted molar refractivity (Wildman–Crippen MR) is 98.1 cm³/mol. The van der Waals surface area contributed by atoms with Crippen LogP contribution >= 0.6 is 0 Å². The van der Waals surface area contributed by atoms with Gasteiger partial charge in [-0.3, -0.25) is 0 Å². The average Bonchev–Trinajstić information content (AvgIpc) is 2.57. The number of carboxylic acids is 1. The molecular weight excluding hydrogens is 354 g/mol. The Bertz CT molecular complexity index is 535. The lowest BCUT2D eigenvalue weighted by Crippen LogP contribution is -2.54. The minimum Gasteiger partial charge on any atom is -0.479 e. The van der Waals surface area contributed by atoms with Crippen LogP contribution < -0.4 is 0 Å². The van der Waals surface area contributed by atoms with Gasteiger partial charge < -0.3 is 24.6 Å². The smallest absolute Gasteiger partial charge is 0.410 e. The van der Waals surface area contributed by atoms with Gasteiger partial charge in [-0.1, -0.05) is 6.92 Å². The van der Waals surface area contributed by atoms with Crippen LogP contribution in [0, 0.1) is 11.8 Å². The second-order valence-electron chi connectivity index (χ2n) is 8.04. The molecule has 0 saturated carbocycles. The lowest BCUT2D eigenvalue weighted by atomic mass is 9.76. The van der Waals surface area contributed by atoms with Gasteiger partial charge in [0.1, 0.15) is 5.60 Å². The fraction of sp³-hybridized carbons (Fsp3) is 0.842. The third-order valence-electron chi connectivity index (χ3n) is 4.88. The van der Waals surface area contributed by atoms with Crippen LogP contribution in [0.4, 0.5) is 4.79 Å². The summed E-state index contributed by atoms with van der Waals surface area (Å²) in [5.41, 5.74) is -3.11. The molecule has 0 aromatic carbocycles. The second-order valence-corrected chi connectivity index (χ2v) is 8.04. The summed E-state index contributed by atoms with van der Waals surface area (Å²) in [6, 6.07) is 0. The van der Waals surface area contributed by atoms with Crippen molar-refractivity contribution in [1.82, 2.24) is 4.90 Å². The summed E-state index contributed by atoms with van der Waals surface area (Å²) >= 11 is 0. The van der Waals surface area contributed by atoms with Crippen molar-refractivity contribution in [1.29, 1.82) is 0 Å². The van der Waals surface area contributed by atoms with Gasteiger partial charge in [0.05, 0.1) is 6.61 Å². The van der Waals surface area contributed by atoms with Gasteiger partial charge in [0.25, 0.3) is 5.60 Å². The van der Waals surface area contributed by atoms with Crippen molar-refractivity contribution in [3.63, 3.8) is 0 Å². The van der Waals surface area contributed by atoms with Gasteiger partial charge in [0, 0.05) is 19.0 Å². The van der Waals surface area contributed by atoms with Crippen molar-refractivity contribution in [2.24, 2.45) is 11.8 Å². The van der Waals surface area contributed by atoms with Gasteiger partial charge in [-0.25, -0.2) is 14.4 Å². The zero-order valence-electron chi connectivity index (χ0n) is 17.0. The first-order chi connectivity index (χ1) is 12.5. The van der Waals surface area contributed by atoms with Gasteiger partial charge in [0.15, 0.2) is 0 Å². The Hall–Kier alpha value is -1.83. The van der Waals surface area contributed by atoms with Crippen LogP contribution in [0.5, 0.6) is 0 Å². The summed E-state index contributed by atoms with van der Waals surface area (Å²) in [5.74, 6) is -3.35. The van der Waals surface area contributed by atoms with Crippen molar-refractivity contribution < 1.29 is 34.1 Å². The second kappa shape index (κ2) is 9.39. The topological polar surface area (TPSA) is 113 Å². The molecule has 1 amide bonds. The monoisotopic (exact) mass is 387 g/mol. The van der Waals surface area contributed by atoms with E-state index in [0.717, 1.165) is 0 Å². The van der Waals surface area contributed by atoms with E-state index in [0.29, 0.717) is 38.8 Å². The fourth-order valence-corrected chi connectivity index (χ4v) is 3.38. The van der Waals surface area contributed by atoms with Crippen LogP contribution in [0.2, 0.25) is 0 Å². The van der Waals surface area contributed by atoms with Gasteiger partial charge in [-0.15, -0.1) is 0 Å². The van der Waals surface area contributed by atoms with E-state index in [1.54, 1.807) is 18.7 Å². The van der Waals surface area contributed by atoms with Crippen molar-refractivity contribution >= 4 is 18.0 Å². The van der Waals surface area contributed by atoms with Crippen LogP contribution in [0.15, 0.2) is 0 Å². The Morgan fingerprint density at radius 3 is 2.11 bits per heavy atom. The number of aliphatic hydroxyl groups is 1. The number of hydrogen-bond donors (Lipinski definition) is 2. The molecule has 0 radical (unpaired) electrons. The molecule has 2 atom stereocenters. The standard InChI is InChI=1S/C19H33NO7/c1-6-14(19(25,15(21)22)16(23)26-7-2)12-13-8-10-20(11-9-13)17(24)27-18(3,4)5/h13-14,25H,6-12H2,1-5H3,(H,21,22)/t14?,19-/m0/s1. The Balaban J connectivity index is 2.73. The van der Waals surface area contributed by atoms with Crippen molar-refractivity contribution in [2.45, 2.75) is 71.5 Å². The van der Waals surface area contributed by atoms with Gasteiger partial charge in [0.2, 0.25) is 0 Å². The Kier molecular flexibility index (Phi) is 8.07. The highest BCUT2D eigenvalue weighted by Crippen LogP contribution is 2.33. The molecule has 1 aliphatic heterocycles. The van der Waals surface area contributed by atoms with Crippen LogP contribution in [0.3, 0.4) is 0 Å². The molecule has 0 spiro atoms. The summed E-state index contributed by atoms with van der Waals surface area (Å²) in [6.07, 6.45) is 1.66. The first-order valence-electron chi connectivity index (χ1n) is 9.56. The van der Waals surface area contributed by atoms with Crippen molar-refractivity contribution in [3.8, 4) is 0 Å². The molecule has 1 aliphatic rings. The first-order valence-corrected chi connectivity index (χ1v) is 9.56. The number of amides is 1. The van der Waals surface area contributed by atoms with E-state index in [2.05, 4.69) is 0 Å². The summed E-state index contributed by atoms with van der Waals surface area (Å²) < 4.78 is 10.2. The van der Waals surface area contributed by atoms with Crippen LogP contribution in [0.1, 0.15) is 60.3 Å². The number of nitrogens with zero attached hydrogens (tertiary/aromatic N) is 1. The summed E-state index contributed by atoms with van der Waals surface area (Å²) in [7, 11) is 0. The number of aliphatic carboxylic acids is 1. The Labute approximate surface area is 160 Å². The number of piperidine rings is 1. The third kappa shape index (κ3) is 6.09. The maximum Gasteiger partial charge on any atom is 0.410 e. The Morgan fingerprint density at radius 2 is 1.70 bits per heavy atom. The fourth-order valence-electron chi connectivity index (χ4n) is 3.38. The lowest BCUT2D eigenvalue weighted by Gasteiger charge is -2.36. The van der Waals surface area contributed by atoms with Crippen LogP contribution in [-0.2, 0) is 19.1 Å². The predicted octanol–water partition coefficient (Wildman–Crippen LogP) is 2.43. The van der Waals surface area contributed by atoms with Crippen LogP contribution in [0.25, 0.3) is 0 Å². The van der Waals surface area contributed by atoms with Crippen molar-refractivity contribution in [3.05, 3.63) is 0 Å². The number of likely N-dealkylation sites (tertiary alicyclic amines) is 1. The van der Waals surface area contributed by atoms with E-state index in [1.165, 1.54) is 0 Å². The molecule has 0 aliphatic carbocycles. The molecule has 1 heterocycles. The maximum absolute atomic E-state index is 12.1. The molecular formula is C19H33NO7. The normalized spacial score (nSPS) is 19.1. The summed E-state index contributed by atoms with van der Waals surface area (Å²) in [4.78, 5) is 37.5. The number of carbonyl (C=O) groups excluding carboxylic acids is 2. The van der Waals surface area contributed by atoms with E-state index in [9.17, 15) is 24.6 Å². The Morgan fingerprint density at radius 1 is 1.15 bits per heavy atom. The molecule has 0 aromatic rings. The highest BCUT2D eigenvalue weighted by atomic mass is 16.6. The summed E-state index contributed by atoms with van der Waals surface area (Å²) in [5, 5.41) is 20.1. The number of hydrogen-bond acceptors (Lipinski definition) is 6. The minimum atomic E-state index is -2.55. The minimum absolute atomic E-state index is 0.000859. The number of rotatable bonds is 7. The van der Waals surface area contributed by atoms with Crippen LogP contribution in [-0.4, -0.2) is 64.0 Å². The van der Waals surface area contributed by atoms with E-state index >= 15 is 0 Å².